The van der Waals surface area contributed by atoms with E-state index in [4.69, 9.17) is 0 Å². The molecule has 1 saturated heterocycles. The second-order valence-corrected chi connectivity index (χ2v) is 5.97. The van der Waals surface area contributed by atoms with Crippen LogP contribution in [-0.4, -0.2) is 62.0 Å². The molecule has 1 heterocycles. The number of carbonyl (C=O) groups is 1. The van der Waals surface area contributed by atoms with Gasteiger partial charge in [0.05, 0.1) is 0 Å². The van der Waals surface area contributed by atoms with Gasteiger partial charge in [-0.3, -0.25) is 4.79 Å². The average Bonchev–Trinajstić information content (AvgIpc) is 2.65. The van der Waals surface area contributed by atoms with E-state index in [9.17, 15) is 4.79 Å². The minimum absolute atomic E-state index is 0.185. The van der Waals surface area contributed by atoms with Gasteiger partial charge in [0.15, 0.2) is 0 Å². The highest BCUT2D eigenvalue weighted by atomic mass is 16.2. The number of carbonyl (C=O) groups excluding carboxylic acids is 1. The Morgan fingerprint density at radius 3 is 2.86 bits per heavy atom. The van der Waals surface area contributed by atoms with Crippen molar-refractivity contribution in [3.05, 3.63) is 35.4 Å². The summed E-state index contributed by atoms with van der Waals surface area (Å²) >= 11 is 0. The highest BCUT2D eigenvalue weighted by Crippen LogP contribution is 2.17. The SMILES string of the molecule is CNCCc1ccccc1C(=O)N1CCCN(C)CC1C. The maximum absolute atomic E-state index is 12.9. The third kappa shape index (κ3) is 4.05. The summed E-state index contributed by atoms with van der Waals surface area (Å²) in [5.74, 6) is 0.185. The number of hydrogen-bond donors (Lipinski definition) is 1. The first-order valence-electron chi connectivity index (χ1n) is 7.85. The zero-order valence-corrected chi connectivity index (χ0v) is 13.4. The topological polar surface area (TPSA) is 35.6 Å². The lowest BCUT2D eigenvalue weighted by atomic mass is 10.0. The highest BCUT2D eigenvalue weighted by molar-refractivity contribution is 5.96. The molecule has 4 heteroatoms. The predicted molar refractivity (Wildman–Crippen MR) is 86.7 cm³/mol. The summed E-state index contributed by atoms with van der Waals surface area (Å²) in [6.07, 6.45) is 1.94. The first-order valence-corrected chi connectivity index (χ1v) is 7.85. The van der Waals surface area contributed by atoms with Crippen LogP contribution in [0.25, 0.3) is 0 Å². The Morgan fingerprint density at radius 1 is 1.33 bits per heavy atom. The van der Waals surface area contributed by atoms with Gasteiger partial charge in [-0.1, -0.05) is 18.2 Å². The van der Waals surface area contributed by atoms with Crippen LogP contribution in [0.15, 0.2) is 24.3 Å². The van der Waals surface area contributed by atoms with Crippen molar-refractivity contribution < 1.29 is 4.79 Å². The molecule has 116 valence electrons. The molecular weight excluding hydrogens is 262 g/mol. The van der Waals surface area contributed by atoms with Crippen molar-refractivity contribution in [1.29, 1.82) is 0 Å². The highest BCUT2D eigenvalue weighted by Gasteiger charge is 2.25. The lowest BCUT2D eigenvalue weighted by Gasteiger charge is -2.29. The number of nitrogens with zero attached hydrogens (tertiary/aromatic N) is 2. The van der Waals surface area contributed by atoms with Crippen LogP contribution in [0.5, 0.6) is 0 Å². The summed E-state index contributed by atoms with van der Waals surface area (Å²) < 4.78 is 0. The second kappa shape index (κ2) is 7.57. The number of benzene rings is 1. The zero-order valence-electron chi connectivity index (χ0n) is 13.4. The van der Waals surface area contributed by atoms with Gasteiger partial charge in [0.1, 0.15) is 0 Å². The molecule has 1 unspecified atom stereocenters. The summed E-state index contributed by atoms with van der Waals surface area (Å²) in [6, 6.07) is 8.28. The molecule has 0 saturated carbocycles. The third-order valence-corrected chi connectivity index (χ3v) is 4.20. The molecular formula is C17H27N3O. The maximum atomic E-state index is 12.9. The van der Waals surface area contributed by atoms with Crippen molar-refractivity contribution in [2.75, 3.05) is 40.3 Å². The number of hydrogen-bond acceptors (Lipinski definition) is 3. The monoisotopic (exact) mass is 289 g/mol. The van der Waals surface area contributed by atoms with Crippen molar-refractivity contribution >= 4 is 5.91 Å². The first-order chi connectivity index (χ1) is 10.1. The van der Waals surface area contributed by atoms with Gasteiger partial charge < -0.3 is 15.1 Å². The summed E-state index contributed by atoms with van der Waals surface area (Å²) in [6.45, 7) is 5.91. The van der Waals surface area contributed by atoms with E-state index in [1.807, 2.05) is 30.1 Å². The smallest absolute Gasteiger partial charge is 0.254 e. The summed E-state index contributed by atoms with van der Waals surface area (Å²) in [5, 5.41) is 3.15. The fourth-order valence-electron chi connectivity index (χ4n) is 3.04. The van der Waals surface area contributed by atoms with Gasteiger partial charge in [-0.25, -0.2) is 0 Å². The molecule has 1 N–H and O–H groups in total. The Balaban J connectivity index is 2.18. The normalized spacial score (nSPS) is 20.3. The Morgan fingerprint density at radius 2 is 2.10 bits per heavy atom. The van der Waals surface area contributed by atoms with Crippen LogP contribution in [0, 0.1) is 0 Å². The molecule has 0 radical (unpaired) electrons. The molecule has 1 aromatic carbocycles. The van der Waals surface area contributed by atoms with Crippen LogP contribution in [0.1, 0.15) is 29.3 Å². The average molecular weight is 289 g/mol. The van der Waals surface area contributed by atoms with E-state index >= 15 is 0 Å². The molecule has 1 fully saturated rings. The molecule has 0 spiro atoms. The summed E-state index contributed by atoms with van der Waals surface area (Å²) in [4.78, 5) is 17.3. The third-order valence-electron chi connectivity index (χ3n) is 4.20. The fraction of sp³-hybridized carbons (Fsp3) is 0.588. The molecule has 1 atom stereocenters. The summed E-state index contributed by atoms with van der Waals surface area (Å²) in [5.41, 5.74) is 2.01. The van der Waals surface area contributed by atoms with Crippen molar-refractivity contribution in [3.8, 4) is 0 Å². The van der Waals surface area contributed by atoms with Gasteiger partial charge in [-0.2, -0.15) is 0 Å². The fourth-order valence-corrected chi connectivity index (χ4v) is 3.04. The van der Waals surface area contributed by atoms with Crippen LogP contribution in [0.4, 0.5) is 0 Å². The molecule has 0 aromatic heterocycles. The lowest BCUT2D eigenvalue weighted by molar-refractivity contribution is 0.0695. The number of nitrogens with one attached hydrogen (secondary N) is 1. The quantitative estimate of drug-likeness (QED) is 0.915. The molecule has 21 heavy (non-hydrogen) atoms. The van der Waals surface area contributed by atoms with Crippen molar-refractivity contribution in [2.24, 2.45) is 0 Å². The molecule has 1 amide bonds. The van der Waals surface area contributed by atoms with E-state index in [-0.39, 0.29) is 11.9 Å². The van der Waals surface area contributed by atoms with Crippen molar-refractivity contribution in [3.63, 3.8) is 0 Å². The first kappa shape index (κ1) is 16.0. The lowest BCUT2D eigenvalue weighted by Crippen LogP contribution is -2.42. The van der Waals surface area contributed by atoms with Gasteiger partial charge >= 0.3 is 0 Å². The van der Waals surface area contributed by atoms with Crippen LogP contribution in [-0.2, 0) is 6.42 Å². The predicted octanol–water partition coefficient (Wildman–Crippen LogP) is 1.61. The Hall–Kier alpha value is -1.39. The summed E-state index contributed by atoms with van der Waals surface area (Å²) in [7, 11) is 4.07. The number of likely N-dealkylation sites (N-methyl/N-ethyl adjacent to an activating group) is 2. The second-order valence-electron chi connectivity index (χ2n) is 5.97. The maximum Gasteiger partial charge on any atom is 0.254 e. The van der Waals surface area contributed by atoms with E-state index in [1.165, 1.54) is 0 Å². The molecule has 1 aliphatic rings. The van der Waals surface area contributed by atoms with Crippen LogP contribution < -0.4 is 5.32 Å². The molecule has 2 rings (SSSR count). The van der Waals surface area contributed by atoms with Crippen LogP contribution in [0.3, 0.4) is 0 Å². The number of rotatable bonds is 4. The van der Waals surface area contributed by atoms with Gasteiger partial charge in [-0.05, 0) is 58.6 Å². The van der Waals surface area contributed by atoms with E-state index in [0.29, 0.717) is 0 Å². The van der Waals surface area contributed by atoms with E-state index in [0.717, 1.165) is 50.1 Å². The van der Waals surface area contributed by atoms with Crippen molar-refractivity contribution in [2.45, 2.75) is 25.8 Å². The molecule has 0 aliphatic carbocycles. The van der Waals surface area contributed by atoms with Gasteiger partial charge in [0.2, 0.25) is 0 Å². The zero-order chi connectivity index (χ0) is 15.2. The van der Waals surface area contributed by atoms with Crippen molar-refractivity contribution in [1.82, 2.24) is 15.1 Å². The van der Waals surface area contributed by atoms with Gasteiger partial charge in [-0.15, -0.1) is 0 Å². The van der Waals surface area contributed by atoms with E-state index in [2.05, 4.69) is 30.3 Å². The minimum atomic E-state index is 0.185. The van der Waals surface area contributed by atoms with Crippen LogP contribution in [0.2, 0.25) is 0 Å². The molecule has 1 aliphatic heterocycles. The van der Waals surface area contributed by atoms with E-state index < -0.39 is 0 Å². The molecule has 4 nitrogen and oxygen atoms in total. The van der Waals surface area contributed by atoms with Gasteiger partial charge in [0, 0.05) is 24.7 Å². The number of amides is 1. The molecule has 0 bridgehead atoms. The Labute approximate surface area is 128 Å². The molecule has 1 aromatic rings. The van der Waals surface area contributed by atoms with Gasteiger partial charge in [0.25, 0.3) is 5.91 Å². The minimum Gasteiger partial charge on any atom is -0.335 e. The van der Waals surface area contributed by atoms with E-state index in [1.54, 1.807) is 0 Å². The Kier molecular flexibility index (Phi) is 5.76. The Bertz CT molecular complexity index is 475. The largest absolute Gasteiger partial charge is 0.335 e. The standard InChI is InChI=1S/C17H27N3O/c1-14-13-19(3)11-6-12-20(14)17(21)16-8-5-4-7-15(16)9-10-18-2/h4-5,7-8,14,18H,6,9-13H2,1-3H3. The van der Waals surface area contributed by atoms with Crippen LogP contribution >= 0.6 is 0 Å².